The number of nitrogens with zero attached hydrogens (tertiary/aromatic N) is 2. The molecule has 5 heteroatoms. The first-order chi connectivity index (χ1) is 13.9. The van der Waals surface area contributed by atoms with Crippen molar-refractivity contribution < 1.29 is 9.59 Å². The van der Waals surface area contributed by atoms with Gasteiger partial charge in [0.1, 0.15) is 0 Å². The van der Waals surface area contributed by atoms with Crippen molar-refractivity contribution in [3.63, 3.8) is 0 Å². The molecule has 1 N–H and O–H groups in total. The molecular weight excluding hydrogens is 362 g/mol. The molecule has 0 saturated carbocycles. The molecule has 5 nitrogen and oxygen atoms in total. The molecule has 2 amide bonds. The highest BCUT2D eigenvalue weighted by Gasteiger charge is 2.16. The lowest BCUT2D eigenvalue weighted by Gasteiger charge is -2.28. The first kappa shape index (κ1) is 20.9. The highest BCUT2D eigenvalue weighted by atomic mass is 16.2. The van der Waals surface area contributed by atoms with Crippen LogP contribution in [-0.2, 0) is 9.59 Å². The number of hydrogen-bond donors (Lipinski definition) is 1. The van der Waals surface area contributed by atoms with Crippen molar-refractivity contribution in [2.45, 2.75) is 46.5 Å². The summed E-state index contributed by atoms with van der Waals surface area (Å²) in [6.45, 7) is 8.09. The minimum absolute atomic E-state index is 0.0580. The van der Waals surface area contributed by atoms with Crippen LogP contribution in [-0.4, -0.2) is 31.4 Å². The molecule has 0 radical (unpaired) electrons. The van der Waals surface area contributed by atoms with E-state index in [0.717, 1.165) is 35.6 Å². The smallest absolute Gasteiger partial charge is 0.226 e. The number of anilines is 3. The highest BCUT2D eigenvalue weighted by Crippen LogP contribution is 2.23. The monoisotopic (exact) mass is 393 g/mol. The van der Waals surface area contributed by atoms with Gasteiger partial charge in [0.15, 0.2) is 0 Å². The molecule has 1 fully saturated rings. The fourth-order valence-corrected chi connectivity index (χ4v) is 3.80. The Morgan fingerprint density at radius 2 is 1.69 bits per heavy atom. The molecule has 0 aromatic heterocycles. The van der Waals surface area contributed by atoms with Crippen molar-refractivity contribution in [1.29, 1.82) is 0 Å². The standard InChI is InChI=1S/C24H31N3O2/c1-18-7-8-19(2)23(17-18)27(20(3)28)16-13-24(29)25-21-9-11-22(12-10-21)26-14-5-4-6-15-26/h7-12,17H,4-6,13-16H2,1-3H3,(H,25,29). The molecule has 0 unspecified atom stereocenters. The van der Waals surface area contributed by atoms with Crippen molar-refractivity contribution in [2.24, 2.45) is 0 Å². The van der Waals surface area contributed by atoms with E-state index in [1.54, 1.807) is 11.8 Å². The third-order valence-electron chi connectivity index (χ3n) is 5.47. The Bertz CT molecular complexity index is 855. The van der Waals surface area contributed by atoms with Crippen LogP contribution in [0.4, 0.5) is 17.1 Å². The van der Waals surface area contributed by atoms with Crippen molar-refractivity contribution in [2.75, 3.05) is 34.8 Å². The van der Waals surface area contributed by atoms with Crippen LogP contribution >= 0.6 is 0 Å². The second-order valence-corrected chi connectivity index (χ2v) is 7.85. The number of aryl methyl sites for hydroxylation is 2. The van der Waals surface area contributed by atoms with Crippen molar-refractivity contribution in [1.82, 2.24) is 0 Å². The maximum absolute atomic E-state index is 12.4. The van der Waals surface area contributed by atoms with Crippen LogP contribution in [0.15, 0.2) is 42.5 Å². The second-order valence-electron chi connectivity index (χ2n) is 7.85. The zero-order valence-electron chi connectivity index (χ0n) is 17.7. The number of benzene rings is 2. The molecule has 1 aliphatic rings. The quantitative estimate of drug-likeness (QED) is 0.776. The lowest BCUT2D eigenvalue weighted by Crippen LogP contribution is -2.32. The maximum atomic E-state index is 12.4. The van der Waals surface area contributed by atoms with E-state index in [1.165, 1.54) is 24.9 Å². The molecule has 3 rings (SSSR count). The van der Waals surface area contributed by atoms with E-state index in [4.69, 9.17) is 0 Å². The molecule has 29 heavy (non-hydrogen) atoms. The van der Waals surface area contributed by atoms with Gasteiger partial charge < -0.3 is 15.1 Å². The molecule has 1 aliphatic heterocycles. The van der Waals surface area contributed by atoms with Crippen LogP contribution in [0.1, 0.15) is 43.7 Å². The summed E-state index contributed by atoms with van der Waals surface area (Å²) in [6, 6.07) is 14.1. The Hall–Kier alpha value is -2.82. The highest BCUT2D eigenvalue weighted by molar-refractivity contribution is 5.95. The second kappa shape index (κ2) is 9.59. The molecule has 2 aromatic carbocycles. The maximum Gasteiger partial charge on any atom is 0.226 e. The Balaban J connectivity index is 1.58. The van der Waals surface area contributed by atoms with Gasteiger partial charge in [-0.05, 0) is 74.6 Å². The Kier molecular flexibility index (Phi) is 6.91. The summed E-state index contributed by atoms with van der Waals surface area (Å²) in [7, 11) is 0. The van der Waals surface area contributed by atoms with Crippen LogP contribution in [0.5, 0.6) is 0 Å². The summed E-state index contributed by atoms with van der Waals surface area (Å²) in [5, 5.41) is 2.95. The molecule has 0 atom stereocenters. The lowest BCUT2D eigenvalue weighted by atomic mass is 10.1. The number of hydrogen-bond acceptors (Lipinski definition) is 3. The average molecular weight is 394 g/mol. The van der Waals surface area contributed by atoms with E-state index in [1.807, 2.05) is 44.2 Å². The van der Waals surface area contributed by atoms with E-state index in [0.29, 0.717) is 6.54 Å². The molecule has 0 bridgehead atoms. The zero-order chi connectivity index (χ0) is 20.8. The Morgan fingerprint density at radius 1 is 1.00 bits per heavy atom. The van der Waals surface area contributed by atoms with E-state index in [9.17, 15) is 9.59 Å². The van der Waals surface area contributed by atoms with Gasteiger partial charge in [-0.15, -0.1) is 0 Å². The summed E-state index contributed by atoms with van der Waals surface area (Å²) in [6.07, 6.45) is 4.04. The normalized spacial score (nSPS) is 13.8. The van der Waals surface area contributed by atoms with Crippen molar-refractivity contribution in [3.05, 3.63) is 53.6 Å². The van der Waals surface area contributed by atoms with Crippen LogP contribution in [0.25, 0.3) is 0 Å². The minimum atomic E-state index is -0.0905. The molecule has 0 spiro atoms. The summed E-state index contributed by atoms with van der Waals surface area (Å²) in [5.74, 6) is -0.148. The van der Waals surface area contributed by atoms with Crippen LogP contribution in [0, 0.1) is 13.8 Å². The predicted octanol–water partition coefficient (Wildman–Crippen LogP) is 4.68. The van der Waals surface area contributed by atoms with E-state index >= 15 is 0 Å². The van der Waals surface area contributed by atoms with Gasteiger partial charge in [-0.25, -0.2) is 0 Å². The van der Waals surface area contributed by atoms with E-state index in [2.05, 4.69) is 22.3 Å². The minimum Gasteiger partial charge on any atom is -0.372 e. The molecule has 1 saturated heterocycles. The SMILES string of the molecule is CC(=O)N(CCC(=O)Nc1ccc(N2CCCCC2)cc1)c1cc(C)ccc1C. The van der Waals surface area contributed by atoms with Gasteiger partial charge in [0.05, 0.1) is 0 Å². The zero-order valence-corrected chi connectivity index (χ0v) is 17.7. The summed E-state index contributed by atoms with van der Waals surface area (Å²) in [4.78, 5) is 28.7. The van der Waals surface area contributed by atoms with Crippen molar-refractivity contribution in [3.8, 4) is 0 Å². The van der Waals surface area contributed by atoms with Gasteiger partial charge in [-0.1, -0.05) is 12.1 Å². The number of carbonyl (C=O) groups excluding carboxylic acids is 2. The van der Waals surface area contributed by atoms with Gasteiger partial charge >= 0.3 is 0 Å². The lowest BCUT2D eigenvalue weighted by molar-refractivity contribution is -0.117. The fourth-order valence-electron chi connectivity index (χ4n) is 3.80. The Morgan fingerprint density at radius 3 is 2.34 bits per heavy atom. The number of nitrogens with one attached hydrogen (secondary N) is 1. The third kappa shape index (κ3) is 5.59. The molecular formula is C24H31N3O2. The molecule has 154 valence electrons. The van der Waals surface area contributed by atoms with E-state index in [-0.39, 0.29) is 18.2 Å². The molecule has 0 aliphatic carbocycles. The topological polar surface area (TPSA) is 52.7 Å². The summed E-state index contributed by atoms with van der Waals surface area (Å²) < 4.78 is 0. The molecule has 1 heterocycles. The third-order valence-corrected chi connectivity index (χ3v) is 5.47. The fraction of sp³-hybridized carbons (Fsp3) is 0.417. The molecule has 2 aromatic rings. The number of carbonyl (C=O) groups is 2. The first-order valence-corrected chi connectivity index (χ1v) is 10.4. The largest absolute Gasteiger partial charge is 0.372 e. The summed E-state index contributed by atoms with van der Waals surface area (Å²) in [5.41, 5.74) is 4.99. The van der Waals surface area contributed by atoms with Crippen LogP contribution in [0.2, 0.25) is 0 Å². The first-order valence-electron chi connectivity index (χ1n) is 10.4. The summed E-state index contributed by atoms with van der Waals surface area (Å²) >= 11 is 0. The van der Waals surface area contributed by atoms with Gasteiger partial charge in [-0.3, -0.25) is 9.59 Å². The van der Waals surface area contributed by atoms with Crippen LogP contribution < -0.4 is 15.1 Å². The van der Waals surface area contributed by atoms with Crippen molar-refractivity contribution >= 4 is 28.9 Å². The van der Waals surface area contributed by atoms with Crippen LogP contribution in [0.3, 0.4) is 0 Å². The van der Waals surface area contributed by atoms with Gasteiger partial charge in [0, 0.05) is 50.0 Å². The number of piperidine rings is 1. The van der Waals surface area contributed by atoms with Gasteiger partial charge in [-0.2, -0.15) is 0 Å². The number of amides is 2. The van der Waals surface area contributed by atoms with Gasteiger partial charge in [0.25, 0.3) is 0 Å². The predicted molar refractivity (Wildman–Crippen MR) is 120 cm³/mol. The average Bonchev–Trinajstić information content (AvgIpc) is 2.71. The van der Waals surface area contributed by atoms with Gasteiger partial charge in [0.2, 0.25) is 11.8 Å². The number of rotatable bonds is 6. The Labute approximate surface area is 173 Å². The van der Waals surface area contributed by atoms with E-state index < -0.39 is 0 Å².